The number of likely N-dealkylation sites (tertiary alicyclic amines) is 2. The number of hydrogen-bond donors (Lipinski definition) is 1. The molecule has 12 heteroatoms. The molecule has 2 aliphatic rings. The summed E-state index contributed by atoms with van der Waals surface area (Å²) in [4.78, 5) is 55.3. The Kier molecular flexibility index (Phi) is 8.82. The quantitative estimate of drug-likeness (QED) is 0.256. The summed E-state index contributed by atoms with van der Waals surface area (Å²) in [5, 5.41) is 12.0. The van der Waals surface area contributed by atoms with Gasteiger partial charge >= 0.3 is 0 Å². The molecule has 2 saturated heterocycles. The monoisotopic (exact) mass is 728 g/mol. The van der Waals surface area contributed by atoms with E-state index in [4.69, 9.17) is 0 Å². The predicted molar refractivity (Wildman–Crippen MR) is 189 cm³/mol. The minimum Gasteiger partial charge on any atom is -0.388 e. The van der Waals surface area contributed by atoms with Crippen LogP contribution in [0.3, 0.4) is 0 Å². The van der Waals surface area contributed by atoms with Gasteiger partial charge in [0, 0.05) is 73.2 Å². The number of carbonyl (C=O) groups is 2. The molecule has 2 aliphatic heterocycles. The normalized spacial score (nSPS) is 19.5. The van der Waals surface area contributed by atoms with E-state index in [1.807, 2.05) is 78.5 Å². The van der Waals surface area contributed by atoms with Crippen molar-refractivity contribution in [2.45, 2.75) is 44.2 Å². The van der Waals surface area contributed by atoms with Gasteiger partial charge in [-0.2, -0.15) is 0 Å². The van der Waals surface area contributed by atoms with Crippen molar-refractivity contribution in [1.82, 2.24) is 28.9 Å². The molecule has 248 valence electrons. The lowest BCUT2D eigenvalue weighted by Crippen LogP contribution is -2.53. The number of hydrogen-bond acceptors (Lipinski definition) is 7. The van der Waals surface area contributed by atoms with Crippen molar-refractivity contribution in [3.8, 4) is 10.4 Å². The maximum atomic E-state index is 14.1. The van der Waals surface area contributed by atoms with Crippen LogP contribution in [0.1, 0.15) is 46.1 Å². The number of carbonyl (C=O) groups excluding carboxylic acids is 2. The van der Waals surface area contributed by atoms with Crippen molar-refractivity contribution in [3.05, 3.63) is 104 Å². The van der Waals surface area contributed by atoms with Crippen LogP contribution in [0.5, 0.6) is 0 Å². The summed E-state index contributed by atoms with van der Waals surface area (Å²) < 4.78 is 4.13. The molecule has 0 bridgehead atoms. The molecule has 10 nitrogen and oxygen atoms in total. The molecular formula is C36H37BrN6O4S. The number of aryl methyl sites for hydroxylation is 2. The molecule has 0 spiro atoms. The van der Waals surface area contributed by atoms with Crippen molar-refractivity contribution in [3.63, 3.8) is 0 Å². The maximum Gasteiger partial charge on any atom is 0.264 e. The number of fused-ring (bicyclic) bond motifs is 1. The summed E-state index contributed by atoms with van der Waals surface area (Å²) in [5.41, 5.74) is 2.22. The lowest BCUT2D eigenvalue weighted by Gasteiger charge is -2.43. The van der Waals surface area contributed by atoms with Crippen molar-refractivity contribution in [2.75, 3.05) is 26.2 Å². The van der Waals surface area contributed by atoms with Gasteiger partial charge in [-0.25, -0.2) is 4.98 Å². The molecule has 1 aromatic carbocycles. The third kappa shape index (κ3) is 6.24. The van der Waals surface area contributed by atoms with Gasteiger partial charge in [0.25, 0.3) is 11.5 Å². The Hall–Kier alpha value is -4.13. The number of amides is 2. The molecule has 0 unspecified atom stereocenters. The Balaban J connectivity index is 1.05. The van der Waals surface area contributed by atoms with E-state index in [0.717, 1.165) is 26.2 Å². The molecule has 2 fully saturated rings. The largest absolute Gasteiger partial charge is 0.388 e. The van der Waals surface area contributed by atoms with Crippen molar-refractivity contribution in [1.29, 1.82) is 0 Å². The zero-order valence-electron chi connectivity index (χ0n) is 26.9. The number of halogens is 1. The van der Waals surface area contributed by atoms with Crippen LogP contribution in [-0.4, -0.2) is 77.6 Å². The highest BCUT2D eigenvalue weighted by molar-refractivity contribution is 9.10. The Morgan fingerprint density at radius 2 is 1.81 bits per heavy atom. The highest BCUT2D eigenvalue weighted by Gasteiger charge is 2.42. The molecule has 6 heterocycles. The SMILES string of the molecule is Cc1ccc(-c2sc(C(=O)N3CC[C@@H](C(=O)N4CCC(O)(Cn5cnc6c(ccn6C)c5=O)CC4)[C@H](c4ccccc4)C3)cc2Br)cn1. The summed E-state index contributed by atoms with van der Waals surface area (Å²) in [6.07, 6.45) is 6.38. The van der Waals surface area contributed by atoms with Crippen molar-refractivity contribution in [2.24, 2.45) is 13.0 Å². The van der Waals surface area contributed by atoms with E-state index in [2.05, 4.69) is 25.9 Å². The number of piperidine rings is 2. The topological polar surface area (TPSA) is 114 Å². The van der Waals surface area contributed by atoms with E-state index in [1.165, 1.54) is 22.2 Å². The zero-order chi connectivity index (χ0) is 33.6. The van der Waals surface area contributed by atoms with Crippen LogP contribution in [0.25, 0.3) is 21.5 Å². The average molecular weight is 730 g/mol. The van der Waals surface area contributed by atoms with E-state index < -0.39 is 5.60 Å². The summed E-state index contributed by atoms with van der Waals surface area (Å²) >= 11 is 5.10. The molecule has 7 rings (SSSR count). The molecule has 0 aliphatic carbocycles. The average Bonchev–Trinajstić information content (AvgIpc) is 3.68. The second kappa shape index (κ2) is 13.1. The zero-order valence-corrected chi connectivity index (χ0v) is 29.3. The van der Waals surface area contributed by atoms with Gasteiger partial charge in [-0.15, -0.1) is 11.3 Å². The van der Waals surface area contributed by atoms with Crippen LogP contribution in [0.15, 0.2) is 82.6 Å². The Labute approximate surface area is 290 Å². The third-order valence-electron chi connectivity index (χ3n) is 9.84. The second-order valence-corrected chi connectivity index (χ2v) is 14.9. The fourth-order valence-electron chi connectivity index (χ4n) is 7.05. The highest BCUT2D eigenvalue weighted by atomic mass is 79.9. The van der Waals surface area contributed by atoms with Gasteiger partial charge in [0.05, 0.1) is 27.3 Å². The Morgan fingerprint density at radius 1 is 1.04 bits per heavy atom. The van der Waals surface area contributed by atoms with Crippen LogP contribution in [0.4, 0.5) is 0 Å². The number of aliphatic hydroxyl groups is 1. The predicted octanol–water partition coefficient (Wildman–Crippen LogP) is 5.23. The minimum atomic E-state index is -1.12. The molecule has 48 heavy (non-hydrogen) atoms. The molecule has 5 aromatic rings. The fraction of sp³-hybridized carbons (Fsp3) is 0.361. The molecular weight excluding hydrogens is 692 g/mol. The molecule has 0 radical (unpaired) electrons. The lowest BCUT2D eigenvalue weighted by atomic mass is 9.79. The third-order valence-corrected chi connectivity index (χ3v) is 11.9. The van der Waals surface area contributed by atoms with E-state index >= 15 is 0 Å². The minimum absolute atomic E-state index is 0.0414. The summed E-state index contributed by atoms with van der Waals surface area (Å²) in [6.45, 7) is 3.77. The first-order valence-electron chi connectivity index (χ1n) is 16.2. The smallest absolute Gasteiger partial charge is 0.264 e. The van der Waals surface area contributed by atoms with Gasteiger partial charge in [0.15, 0.2) is 0 Å². The van der Waals surface area contributed by atoms with Gasteiger partial charge in [-0.3, -0.25) is 23.9 Å². The lowest BCUT2D eigenvalue weighted by molar-refractivity contribution is -0.142. The van der Waals surface area contributed by atoms with E-state index in [1.54, 1.807) is 16.8 Å². The molecule has 2 atom stereocenters. The number of rotatable bonds is 6. The van der Waals surface area contributed by atoms with E-state index in [0.29, 0.717) is 61.4 Å². The van der Waals surface area contributed by atoms with Crippen LogP contribution in [0.2, 0.25) is 0 Å². The van der Waals surface area contributed by atoms with E-state index in [-0.39, 0.29) is 35.8 Å². The van der Waals surface area contributed by atoms with Crippen LogP contribution in [-0.2, 0) is 18.4 Å². The number of benzene rings is 1. The molecule has 2 amide bonds. The molecule has 1 N–H and O–H groups in total. The fourth-order valence-corrected chi connectivity index (χ4v) is 8.91. The maximum absolute atomic E-state index is 14.1. The number of nitrogens with zero attached hydrogens (tertiary/aromatic N) is 6. The van der Waals surface area contributed by atoms with Crippen molar-refractivity contribution < 1.29 is 14.7 Å². The first kappa shape index (κ1) is 32.4. The summed E-state index contributed by atoms with van der Waals surface area (Å²) in [5.74, 6) is -0.446. The first-order valence-corrected chi connectivity index (χ1v) is 17.8. The Morgan fingerprint density at radius 3 is 2.54 bits per heavy atom. The standard InChI is InChI=1S/C36H37BrN6O4S/c1-23-8-9-25(19-38-23)31-29(37)18-30(48-31)35(46)42-15-11-26(28(20-42)24-6-4-3-5-7-24)33(44)41-16-12-36(47,13-17-41)21-43-22-39-32-27(34(43)45)10-14-40(32)2/h3-10,14,18-19,22,26,28,47H,11-13,15-17,20-21H2,1-2H3/t26-,28+/m1/s1. The van der Waals surface area contributed by atoms with Gasteiger partial charge in [0.1, 0.15) is 12.0 Å². The Bertz CT molecular complexity index is 2030. The van der Waals surface area contributed by atoms with E-state index in [9.17, 15) is 19.5 Å². The van der Waals surface area contributed by atoms with Gasteiger partial charge < -0.3 is 19.5 Å². The molecule has 4 aromatic heterocycles. The highest BCUT2D eigenvalue weighted by Crippen LogP contribution is 2.39. The molecule has 0 saturated carbocycles. The van der Waals surface area contributed by atoms with Gasteiger partial charge in [0.2, 0.25) is 5.91 Å². The van der Waals surface area contributed by atoms with Crippen LogP contribution < -0.4 is 5.56 Å². The number of pyridine rings is 1. The number of aromatic nitrogens is 4. The van der Waals surface area contributed by atoms with Crippen LogP contribution in [0, 0.1) is 12.8 Å². The summed E-state index contributed by atoms with van der Waals surface area (Å²) in [6, 6.07) is 17.6. The van der Waals surface area contributed by atoms with Gasteiger partial charge in [-0.05, 0) is 65.9 Å². The first-order chi connectivity index (χ1) is 23.1. The van der Waals surface area contributed by atoms with Crippen molar-refractivity contribution >= 4 is 50.1 Å². The van der Waals surface area contributed by atoms with Crippen LogP contribution >= 0.6 is 27.3 Å². The second-order valence-electron chi connectivity index (χ2n) is 13.0. The van der Waals surface area contributed by atoms with Gasteiger partial charge in [-0.1, -0.05) is 36.4 Å². The number of thiophene rings is 1. The summed E-state index contributed by atoms with van der Waals surface area (Å²) in [7, 11) is 1.84.